The molecule has 6 rings (SSSR count). The molecule has 0 unspecified atom stereocenters. The highest BCUT2D eigenvalue weighted by molar-refractivity contribution is 6.35. The van der Waals surface area contributed by atoms with E-state index in [0.717, 1.165) is 53.9 Å². The zero-order valence-electron chi connectivity index (χ0n) is 24.2. The third-order valence-corrected chi connectivity index (χ3v) is 7.93. The Morgan fingerprint density at radius 1 is 0.429 bits per heavy atom. The summed E-state index contributed by atoms with van der Waals surface area (Å²) in [5.41, 5.74) is 1.14. The molecule has 0 atom stereocenters. The number of methoxy groups -OCH3 is 6. The SMILES string of the molecule is C#Cc1cc(OC)c2cc(OC)c3ccc4ccc5c(OC)cc6c(OC)cc(C#C)c(OC)c6c5c4c3c2c1OC. The van der Waals surface area contributed by atoms with Crippen LogP contribution in [0.4, 0.5) is 0 Å². The Labute approximate surface area is 243 Å². The molecule has 0 spiro atoms. The van der Waals surface area contributed by atoms with Crippen LogP contribution in [0.25, 0.3) is 53.9 Å². The van der Waals surface area contributed by atoms with Gasteiger partial charge >= 0.3 is 0 Å². The summed E-state index contributed by atoms with van der Waals surface area (Å²) in [5.74, 6) is 9.22. The number of terminal acetylenes is 2. The number of fused-ring (bicyclic) bond motifs is 9. The van der Waals surface area contributed by atoms with Crippen molar-refractivity contribution >= 4 is 53.9 Å². The molecule has 0 fully saturated rings. The molecule has 0 aliphatic carbocycles. The highest BCUT2D eigenvalue weighted by Gasteiger charge is 2.24. The van der Waals surface area contributed by atoms with Crippen molar-refractivity contribution in [3.63, 3.8) is 0 Å². The molecule has 0 N–H and O–H groups in total. The van der Waals surface area contributed by atoms with Crippen LogP contribution in [-0.2, 0) is 0 Å². The van der Waals surface area contributed by atoms with Crippen molar-refractivity contribution in [2.24, 2.45) is 0 Å². The first-order valence-electron chi connectivity index (χ1n) is 13.1. The van der Waals surface area contributed by atoms with Gasteiger partial charge in [0.25, 0.3) is 0 Å². The topological polar surface area (TPSA) is 55.4 Å². The third kappa shape index (κ3) is 3.56. The van der Waals surface area contributed by atoms with E-state index in [4.69, 9.17) is 41.3 Å². The zero-order valence-corrected chi connectivity index (χ0v) is 24.2. The zero-order chi connectivity index (χ0) is 29.7. The van der Waals surface area contributed by atoms with Gasteiger partial charge in [-0.1, -0.05) is 24.0 Å². The van der Waals surface area contributed by atoms with Gasteiger partial charge in [-0.05, 0) is 35.0 Å². The summed E-state index contributed by atoms with van der Waals surface area (Å²) in [6, 6.07) is 15.7. The Morgan fingerprint density at radius 3 is 1.14 bits per heavy atom. The summed E-state index contributed by atoms with van der Waals surface area (Å²) in [5, 5.41) is 8.57. The first kappa shape index (κ1) is 26.7. The number of rotatable bonds is 6. The Hall–Kier alpha value is -5.46. The summed E-state index contributed by atoms with van der Waals surface area (Å²) >= 11 is 0. The van der Waals surface area contributed by atoms with Crippen LogP contribution < -0.4 is 28.4 Å². The molecule has 0 aliphatic rings. The highest BCUT2D eigenvalue weighted by atomic mass is 16.5. The molecular weight excluding hydrogens is 528 g/mol. The Morgan fingerprint density at radius 2 is 0.810 bits per heavy atom. The van der Waals surface area contributed by atoms with Gasteiger partial charge in [0.05, 0.1) is 53.8 Å². The molecule has 0 heterocycles. The lowest BCUT2D eigenvalue weighted by molar-refractivity contribution is 0.408. The first-order chi connectivity index (χ1) is 20.5. The summed E-state index contributed by atoms with van der Waals surface area (Å²) in [7, 11) is 9.78. The van der Waals surface area contributed by atoms with Gasteiger partial charge in [0.1, 0.15) is 34.5 Å². The second-order valence-corrected chi connectivity index (χ2v) is 9.69. The van der Waals surface area contributed by atoms with Crippen molar-refractivity contribution in [2.45, 2.75) is 0 Å². The maximum Gasteiger partial charge on any atom is 0.143 e. The van der Waals surface area contributed by atoms with E-state index in [1.165, 1.54) is 0 Å². The van der Waals surface area contributed by atoms with E-state index >= 15 is 0 Å². The molecule has 0 amide bonds. The quantitative estimate of drug-likeness (QED) is 0.157. The average molecular weight is 557 g/mol. The molecule has 0 aliphatic heterocycles. The summed E-state index contributed by atoms with van der Waals surface area (Å²) in [6.07, 6.45) is 12.0. The van der Waals surface area contributed by atoms with Crippen molar-refractivity contribution in [2.75, 3.05) is 42.7 Å². The molecule has 6 aromatic rings. The van der Waals surface area contributed by atoms with Crippen molar-refractivity contribution in [3.8, 4) is 59.2 Å². The monoisotopic (exact) mass is 556 g/mol. The fourth-order valence-electron chi connectivity index (χ4n) is 6.17. The van der Waals surface area contributed by atoms with Crippen LogP contribution >= 0.6 is 0 Å². The van der Waals surface area contributed by atoms with Gasteiger partial charge in [-0.2, -0.15) is 0 Å². The standard InChI is InChI=1S/C36H28O6/c1-9-19-15-26(37-3)24-17-28(39-5)22-13-11-21-12-14-23-29(40-6)18-25-27(38-4)16-20(10-2)36(42-8)34(25)32(23)30(21)31(22)33(24)35(19)41-7/h1-2,11-18H,3-8H3. The van der Waals surface area contributed by atoms with E-state index in [9.17, 15) is 0 Å². The Kier molecular flexibility index (Phi) is 6.48. The highest BCUT2D eigenvalue weighted by Crippen LogP contribution is 2.51. The predicted molar refractivity (Wildman–Crippen MR) is 169 cm³/mol. The van der Waals surface area contributed by atoms with Crippen LogP contribution in [-0.4, -0.2) is 42.7 Å². The normalized spacial score (nSPS) is 11.0. The van der Waals surface area contributed by atoms with Crippen molar-refractivity contribution < 1.29 is 28.4 Å². The maximum absolute atomic E-state index is 6.01. The van der Waals surface area contributed by atoms with Crippen LogP contribution in [0.5, 0.6) is 34.5 Å². The second kappa shape index (κ2) is 10.2. The van der Waals surface area contributed by atoms with Crippen molar-refractivity contribution in [1.82, 2.24) is 0 Å². The van der Waals surface area contributed by atoms with E-state index in [0.29, 0.717) is 45.6 Å². The van der Waals surface area contributed by atoms with Crippen molar-refractivity contribution in [3.05, 3.63) is 59.7 Å². The number of hydrogen-bond acceptors (Lipinski definition) is 6. The van der Waals surface area contributed by atoms with Crippen LogP contribution in [0.3, 0.4) is 0 Å². The third-order valence-electron chi connectivity index (χ3n) is 7.93. The Bertz CT molecular complexity index is 2030. The van der Waals surface area contributed by atoms with Gasteiger partial charge in [0.15, 0.2) is 0 Å². The second-order valence-electron chi connectivity index (χ2n) is 9.69. The fraction of sp³-hybridized carbons (Fsp3) is 0.167. The smallest absolute Gasteiger partial charge is 0.143 e. The minimum absolute atomic E-state index is 0.562. The van der Waals surface area contributed by atoms with Gasteiger partial charge < -0.3 is 28.4 Å². The molecule has 6 nitrogen and oxygen atoms in total. The lowest BCUT2D eigenvalue weighted by Gasteiger charge is -2.21. The number of benzene rings is 6. The Balaban J connectivity index is 2.10. The van der Waals surface area contributed by atoms with Crippen LogP contribution in [0, 0.1) is 24.7 Å². The van der Waals surface area contributed by atoms with Crippen molar-refractivity contribution in [1.29, 1.82) is 0 Å². The van der Waals surface area contributed by atoms with Gasteiger partial charge in [-0.15, -0.1) is 12.8 Å². The number of ether oxygens (including phenoxy) is 6. The first-order valence-corrected chi connectivity index (χ1v) is 13.1. The molecule has 42 heavy (non-hydrogen) atoms. The molecule has 208 valence electrons. The van der Waals surface area contributed by atoms with Gasteiger partial charge in [-0.25, -0.2) is 0 Å². The van der Waals surface area contributed by atoms with Gasteiger partial charge in [0, 0.05) is 55.2 Å². The summed E-state index contributed by atoms with van der Waals surface area (Å²) in [4.78, 5) is 0. The van der Waals surface area contributed by atoms with Crippen LogP contribution in [0.2, 0.25) is 0 Å². The molecule has 0 radical (unpaired) electrons. The summed E-state index contributed by atoms with van der Waals surface area (Å²) < 4.78 is 35.6. The van der Waals surface area contributed by atoms with E-state index in [1.54, 1.807) is 54.8 Å². The minimum Gasteiger partial charge on any atom is -0.496 e. The summed E-state index contributed by atoms with van der Waals surface area (Å²) in [6.45, 7) is 0. The molecule has 0 aromatic heterocycles. The van der Waals surface area contributed by atoms with E-state index in [2.05, 4.69) is 24.0 Å². The molecule has 0 bridgehead atoms. The molecule has 6 aromatic carbocycles. The largest absolute Gasteiger partial charge is 0.496 e. The average Bonchev–Trinajstić information content (AvgIpc) is 3.04. The van der Waals surface area contributed by atoms with Crippen LogP contribution in [0.15, 0.2) is 48.5 Å². The van der Waals surface area contributed by atoms with Gasteiger partial charge in [0.2, 0.25) is 0 Å². The molecule has 6 heteroatoms. The fourth-order valence-corrected chi connectivity index (χ4v) is 6.17. The maximum atomic E-state index is 6.01. The lowest BCUT2D eigenvalue weighted by atomic mass is 9.88. The van der Waals surface area contributed by atoms with E-state index in [-0.39, 0.29) is 0 Å². The lowest BCUT2D eigenvalue weighted by Crippen LogP contribution is -1.98. The molecular formula is C36H28O6. The van der Waals surface area contributed by atoms with Gasteiger partial charge in [-0.3, -0.25) is 0 Å². The van der Waals surface area contributed by atoms with E-state index in [1.807, 2.05) is 24.3 Å². The minimum atomic E-state index is 0.562. The van der Waals surface area contributed by atoms with Crippen LogP contribution in [0.1, 0.15) is 11.1 Å². The predicted octanol–water partition coefficient (Wildman–Crippen LogP) is 7.47. The van der Waals surface area contributed by atoms with E-state index < -0.39 is 0 Å². The molecule has 0 saturated heterocycles. The molecule has 0 saturated carbocycles. The number of hydrogen-bond donors (Lipinski definition) is 0.